The lowest BCUT2D eigenvalue weighted by Gasteiger charge is -2.14. The quantitative estimate of drug-likeness (QED) is 0.259. The number of ether oxygens (including phenoxy) is 3. The lowest BCUT2D eigenvalue weighted by molar-refractivity contribution is -0.137. The predicted molar refractivity (Wildman–Crippen MR) is 111 cm³/mol. The van der Waals surface area contributed by atoms with Crippen molar-refractivity contribution in [1.82, 2.24) is 10.6 Å². The van der Waals surface area contributed by atoms with Gasteiger partial charge in [-0.05, 0) is 44.0 Å². The van der Waals surface area contributed by atoms with Crippen molar-refractivity contribution in [2.24, 2.45) is 10.9 Å². The predicted octanol–water partition coefficient (Wildman–Crippen LogP) is 2.44. The highest BCUT2D eigenvalue weighted by Crippen LogP contribution is 2.30. The third-order valence-electron chi connectivity index (χ3n) is 4.56. The van der Waals surface area contributed by atoms with Gasteiger partial charge in [0.2, 0.25) is 0 Å². The maximum absolute atomic E-state index is 12.6. The second-order valence-corrected chi connectivity index (χ2v) is 7.29. The highest BCUT2D eigenvalue weighted by atomic mass is 19.4. The van der Waals surface area contributed by atoms with Gasteiger partial charge in [-0.1, -0.05) is 0 Å². The fourth-order valence-corrected chi connectivity index (χ4v) is 2.87. The zero-order chi connectivity index (χ0) is 22.5. The fourth-order valence-electron chi connectivity index (χ4n) is 2.87. The van der Waals surface area contributed by atoms with Crippen molar-refractivity contribution in [1.29, 1.82) is 0 Å². The first-order valence-electron chi connectivity index (χ1n) is 10.5. The topological polar surface area (TPSA) is 84.3 Å². The normalized spacial score (nSPS) is 18.1. The number of aliphatic hydroxyl groups is 1. The maximum atomic E-state index is 12.6. The molecule has 1 saturated heterocycles. The minimum Gasteiger partial charge on any atom is -0.491 e. The van der Waals surface area contributed by atoms with Crippen LogP contribution < -0.4 is 15.4 Å². The van der Waals surface area contributed by atoms with E-state index in [1.54, 1.807) is 0 Å². The summed E-state index contributed by atoms with van der Waals surface area (Å²) in [6, 6.07) is 4.34. The Morgan fingerprint density at radius 2 is 2.06 bits per heavy atom. The summed E-state index contributed by atoms with van der Waals surface area (Å²) in [6.07, 6.45) is -3.41. The van der Waals surface area contributed by atoms with Crippen LogP contribution in [-0.2, 0) is 15.7 Å². The molecule has 176 valence electrons. The lowest BCUT2D eigenvalue weighted by atomic mass is 10.1. The summed E-state index contributed by atoms with van der Waals surface area (Å²) in [5.41, 5.74) is -0.746. The van der Waals surface area contributed by atoms with Crippen molar-refractivity contribution in [2.45, 2.75) is 32.0 Å². The van der Waals surface area contributed by atoms with E-state index in [-0.39, 0.29) is 18.9 Å². The Morgan fingerprint density at radius 3 is 2.71 bits per heavy atom. The largest absolute Gasteiger partial charge is 0.491 e. The molecule has 31 heavy (non-hydrogen) atoms. The van der Waals surface area contributed by atoms with Gasteiger partial charge < -0.3 is 30.0 Å². The molecule has 1 aliphatic rings. The molecule has 0 amide bonds. The molecule has 1 heterocycles. The van der Waals surface area contributed by atoms with Crippen molar-refractivity contribution >= 4 is 5.96 Å². The highest BCUT2D eigenvalue weighted by molar-refractivity contribution is 5.79. The van der Waals surface area contributed by atoms with Crippen LogP contribution in [0.2, 0.25) is 0 Å². The Bertz CT molecular complexity index is 650. The number of halogens is 3. The Kier molecular flexibility index (Phi) is 10.9. The van der Waals surface area contributed by atoms with Gasteiger partial charge in [-0.2, -0.15) is 13.2 Å². The summed E-state index contributed by atoms with van der Waals surface area (Å²) in [6.45, 7) is 6.26. The molecule has 1 aromatic carbocycles. The third-order valence-corrected chi connectivity index (χ3v) is 4.56. The number of aliphatic hydroxyl groups excluding tert-OH is 1. The molecule has 0 spiro atoms. The Morgan fingerprint density at radius 1 is 1.29 bits per heavy atom. The van der Waals surface area contributed by atoms with Gasteiger partial charge >= 0.3 is 6.18 Å². The van der Waals surface area contributed by atoms with E-state index in [2.05, 4.69) is 15.6 Å². The van der Waals surface area contributed by atoms with E-state index in [1.807, 2.05) is 6.92 Å². The van der Waals surface area contributed by atoms with Crippen LogP contribution in [0.4, 0.5) is 13.2 Å². The van der Waals surface area contributed by atoms with E-state index in [1.165, 1.54) is 12.1 Å². The number of nitrogens with one attached hydrogen (secondary N) is 2. The Hall–Kier alpha value is -2.04. The fraction of sp³-hybridized carbons (Fsp3) is 0.667. The number of guanidine groups is 1. The smallest absolute Gasteiger partial charge is 0.416 e. The molecule has 7 nitrogen and oxygen atoms in total. The average Bonchev–Trinajstić information content (AvgIpc) is 3.26. The number of nitrogens with zero attached hydrogens (tertiary/aromatic N) is 1. The van der Waals surface area contributed by atoms with Gasteiger partial charge in [0.05, 0.1) is 25.3 Å². The van der Waals surface area contributed by atoms with Gasteiger partial charge in [0.1, 0.15) is 18.5 Å². The van der Waals surface area contributed by atoms with Crippen LogP contribution in [0, 0.1) is 5.92 Å². The summed E-state index contributed by atoms with van der Waals surface area (Å²) in [5.74, 6) is 1.32. The molecule has 10 heteroatoms. The molecule has 0 bridgehead atoms. The molecule has 1 fully saturated rings. The third kappa shape index (κ3) is 10.2. The van der Waals surface area contributed by atoms with Crippen LogP contribution in [0.3, 0.4) is 0 Å². The molecule has 3 N–H and O–H groups in total. The van der Waals surface area contributed by atoms with E-state index >= 15 is 0 Å². The van der Waals surface area contributed by atoms with Crippen LogP contribution in [0.15, 0.2) is 29.3 Å². The molecule has 0 aromatic heterocycles. The van der Waals surface area contributed by atoms with E-state index in [0.717, 1.165) is 44.8 Å². The second kappa shape index (κ2) is 13.4. The number of alkyl halides is 3. The van der Waals surface area contributed by atoms with E-state index in [0.29, 0.717) is 31.6 Å². The summed E-state index contributed by atoms with van der Waals surface area (Å²) in [4.78, 5) is 4.31. The molecule has 0 saturated carbocycles. The van der Waals surface area contributed by atoms with Gasteiger partial charge in [-0.15, -0.1) is 0 Å². The van der Waals surface area contributed by atoms with Gasteiger partial charge in [-0.3, -0.25) is 4.99 Å². The van der Waals surface area contributed by atoms with Crippen molar-refractivity contribution in [3.05, 3.63) is 29.8 Å². The van der Waals surface area contributed by atoms with Gasteiger partial charge in [0.15, 0.2) is 5.96 Å². The number of hydrogen-bond donors (Lipinski definition) is 3. The van der Waals surface area contributed by atoms with Gasteiger partial charge in [0, 0.05) is 32.2 Å². The maximum Gasteiger partial charge on any atom is 0.416 e. The second-order valence-electron chi connectivity index (χ2n) is 7.29. The molecular weight excluding hydrogens is 415 g/mol. The number of rotatable bonds is 12. The summed E-state index contributed by atoms with van der Waals surface area (Å²) in [5, 5.41) is 16.3. The molecule has 2 unspecified atom stereocenters. The van der Waals surface area contributed by atoms with E-state index in [4.69, 9.17) is 14.2 Å². The zero-order valence-electron chi connectivity index (χ0n) is 17.8. The van der Waals surface area contributed by atoms with Gasteiger partial charge in [0.25, 0.3) is 0 Å². The van der Waals surface area contributed by atoms with Crippen LogP contribution in [0.5, 0.6) is 5.75 Å². The highest BCUT2D eigenvalue weighted by Gasteiger charge is 2.30. The first-order valence-corrected chi connectivity index (χ1v) is 10.5. The van der Waals surface area contributed by atoms with E-state index in [9.17, 15) is 18.3 Å². The molecule has 2 atom stereocenters. The minimum atomic E-state index is -4.39. The molecule has 1 aromatic rings. The van der Waals surface area contributed by atoms with Gasteiger partial charge in [-0.25, -0.2) is 0 Å². The number of aliphatic imine (C=N–C) groups is 1. The first kappa shape index (κ1) is 25.2. The average molecular weight is 447 g/mol. The summed E-state index contributed by atoms with van der Waals surface area (Å²) in [7, 11) is 0. The zero-order valence-corrected chi connectivity index (χ0v) is 17.8. The summed E-state index contributed by atoms with van der Waals surface area (Å²) >= 11 is 0. The molecule has 1 aliphatic heterocycles. The van der Waals surface area contributed by atoms with Crippen LogP contribution >= 0.6 is 0 Å². The SMILES string of the molecule is CCNC(=NCC(O)COc1ccc(C(F)(F)F)cc1)NCCCOCC1CCOC1. The van der Waals surface area contributed by atoms with Crippen molar-refractivity contribution < 1.29 is 32.5 Å². The van der Waals surface area contributed by atoms with Crippen molar-refractivity contribution in [3.8, 4) is 5.75 Å². The monoisotopic (exact) mass is 447 g/mol. The van der Waals surface area contributed by atoms with Crippen LogP contribution in [0.1, 0.15) is 25.3 Å². The lowest BCUT2D eigenvalue weighted by Crippen LogP contribution is -2.39. The molecular formula is C21H32F3N3O4. The molecule has 0 aliphatic carbocycles. The minimum absolute atomic E-state index is 0.0764. The first-order chi connectivity index (χ1) is 14.9. The Balaban J connectivity index is 1.64. The van der Waals surface area contributed by atoms with Crippen molar-refractivity contribution in [2.75, 3.05) is 52.7 Å². The summed E-state index contributed by atoms with van der Waals surface area (Å²) < 4.78 is 54.0. The molecule has 2 rings (SSSR count). The van der Waals surface area contributed by atoms with Crippen LogP contribution in [0.25, 0.3) is 0 Å². The number of hydrogen-bond acceptors (Lipinski definition) is 5. The van der Waals surface area contributed by atoms with Crippen molar-refractivity contribution in [3.63, 3.8) is 0 Å². The number of benzene rings is 1. The Labute approximate surface area is 181 Å². The molecule has 0 radical (unpaired) electrons. The van der Waals surface area contributed by atoms with Crippen LogP contribution in [-0.4, -0.2) is 69.8 Å². The van der Waals surface area contributed by atoms with E-state index < -0.39 is 17.8 Å². The standard InChI is InChI=1S/C21H32F3N3O4/c1-2-25-20(26-9-3-10-29-13-16-8-11-30-14-16)27-12-18(28)15-31-19-6-4-17(5-7-19)21(22,23)24/h4-7,16,18,28H,2-3,8-15H2,1H3,(H2,25,26,27).